The number of aromatic carboxylic acids is 1. The maximum Gasteiger partial charge on any atom is 0.335 e. The molecule has 0 saturated carbocycles. The zero-order valence-electron chi connectivity index (χ0n) is 11.0. The molecule has 6 nitrogen and oxygen atoms in total. The van der Waals surface area contributed by atoms with Crippen molar-refractivity contribution in [2.75, 3.05) is 6.54 Å². The fourth-order valence-corrected chi connectivity index (χ4v) is 1.86. The molecular weight excluding hydrogens is 258 g/mol. The Kier molecular flexibility index (Phi) is 4.14. The van der Waals surface area contributed by atoms with Crippen molar-refractivity contribution in [2.45, 2.75) is 13.3 Å². The lowest BCUT2D eigenvalue weighted by atomic mass is 10.1. The minimum absolute atomic E-state index is 0.189. The Morgan fingerprint density at radius 3 is 2.85 bits per heavy atom. The van der Waals surface area contributed by atoms with Gasteiger partial charge in [-0.25, -0.2) is 4.79 Å². The molecule has 0 spiro atoms. The third kappa shape index (κ3) is 3.23. The molecule has 1 aromatic carbocycles. The van der Waals surface area contributed by atoms with E-state index in [9.17, 15) is 9.59 Å². The van der Waals surface area contributed by atoms with E-state index in [0.717, 1.165) is 11.3 Å². The molecule has 0 radical (unpaired) electrons. The second kappa shape index (κ2) is 6.01. The number of nitrogens with zero attached hydrogens (tertiary/aromatic N) is 1. The predicted molar refractivity (Wildman–Crippen MR) is 72.8 cm³/mol. The number of aromatic amines is 1. The highest BCUT2D eigenvalue weighted by atomic mass is 16.4. The molecule has 0 aliphatic heterocycles. The summed E-state index contributed by atoms with van der Waals surface area (Å²) in [4.78, 5) is 22.7. The van der Waals surface area contributed by atoms with Gasteiger partial charge < -0.3 is 10.4 Å². The van der Waals surface area contributed by atoms with Crippen molar-refractivity contribution in [2.24, 2.45) is 0 Å². The molecule has 0 unspecified atom stereocenters. The van der Waals surface area contributed by atoms with Crippen LogP contribution >= 0.6 is 0 Å². The highest BCUT2D eigenvalue weighted by Gasteiger charge is 2.10. The quantitative estimate of drug-likeness (QED) is 0.767. The summed E-state index contributed by atoms with van der Waals surface area (Å²) in [6, 6.07) is 6.68. The molecule has 2 rings (SSSR count). The van der Waals surface area contributed by atoms with E-state index >= 15 is 0 Å². The van der Waals surface area contributed by atoms with Crippen molar-refractivity contribution in [3.8, 4) is 0 Å². The highest BCUT2D eigenvalue weighted by Crippen LogP contribution is 2.06. The molecule has 0 aliphatic carbocycles. The van der Waals surface area contributed by atoms with Gasteiger partial charge in [0.25, 0.3) is 5.91 Å². The van der Waals surface area contributed by atoms with Crippen LogP contribution in [0.1, 0.15) is 32.0 Å². The predicted octanol–water partition coefficient (Wildman–Crippen LogP) is 1.39. The van der Waals surface area contributed by atoms with E-state index in [1.165, 1.54) is 6.20 Å². The van der Waals surface area contributed by atoms with E-state index in [0.29, 0.717) is 18.5 Å². The number of carboxylic acid groups (broad SMARTS) is 1. The zero-order valence-corrected chi connectivity index (χ0v) is 11.0. The van der Waals surface area contributed by atoms with Crippen LogP contribution in [0.25, 0.3) is 0 Å². The highest BCUT2D eigenvalue weighted by molar-refractivity contribution is 5.94. The number of nitrogens with one attached hydrogen (secondary N) is 2. The first kappa shape index (κ1) is 13.8. The van der Waals surface area contributed by atoms with Gasteiger partial charge in [0.2, 0.25) is 0 Å². The molecule has 2 aromatic rings. The molecule has 104 valence electrons. The molecule has 0 fully saturated rings. The van der Waals surface area contributed by atoms with Crippen LogP contribution in [0.15, 0.2) is 30.5 Å². The lowest BCUT2D eigenvalue weighted by Gasteiger charge is -2.05. The molecule has 20 heavy (non-hydrogen) atoms. The second-order valence-electron chi connectivity index (χ2n) is 4.42. The number of aryl methyl sites for hydroxylation is 1. The summed E-state index contributed by atoms with van der Waals surface area (Å²) >= 11 is 0. The van der Waals surface area contributed by atoms with Crippen LogP contribution in [0.5, 0.6) is 0 Å². The Bertz CT molecular complexity index is 634. The molecule has 0 bridgehead atoms. The molecule has 0 saturated heterocycles. The summed E-state index contributed by atoms with van der Waals surface area (Å²) in [5.74, 6) is -1.14. The van der Waals surface area contributed by atoms with Crippen molar-refractivity contribution < 1.29 is 14.7 Å². The lowest BCUT2D eigenvalue weighted by Crippen LogP contribution is -2.26. The van der Waals surface area contributed by atoms with Crippen LogP contribution in [0.2, 0.25) is 0 Å². The maximum atomic E-state index is 11.8. The lowest BCUT2D eigenvalue weighted by molar-refractivity contribution is 0.0696. The number of H-pyrrole nitrogens is 1. The number of aromatic nitrogens is 2. The first-order chi connectivity index (χ1) is 9.58. The number of amides is 1. The van der Waals surface area contributed by atoms with E-state index < -0.39 is 5.97 Å². The Labute approximate surface area is 115 Å². The summed E-state index contributed by atoms with van der Waals surface area (Å²) in [6.07, 6.45) is 2.06. The first-order valence-electron chi connectivity index (χ1n) is 6.18. The van der Waals surface area contributed by atoms with Gasteiger partial charge in [0.05, 0.1) is 17.3 Å². The summed E-state index contributed by atoms with van der Waals surface area (Å²) in [7, 11) is 0. The fraction of sp³-hybridized carbons (Fsp3) is 0.214. The van der Waals surface area contributed by atoms with Crippen LogP contribution in [0, 0.1) is 6.92 Å². The molecule has 3 N–H and O–H groups in total. The third-order valence-corrected chi connectivity index (χ3v) is 2.95. The number of benzene rings is 1. The largest absolute Gasteiger partial charge is 0.478 e. The van der Waals surface area contributed by atoms with Gasteiger partial charge in [0.1, 0.15) is 0 Å². The first-order valence-corrected chi connectivity index (χ1v) is 6.18. The van der Waals surface area contributed by atoms with Gasteiger partial charge in [-0.3, -0.25) is 9.89 Å². The minimum Gasteiger partial charge on any atom is -0.478 e. The van der Waals surface area contributed by atoms with Crippen LogP contribution in [0.3, 0.4) is 0 Å². The van der Waals surface area contributed by atoms with Crippen LogP contribution < -0.4 is 5.32 Å². The number of carbonyl (C=O) groups excluding carboxylic acids is 1. The van der Waals surface area contributed by atoms with Crippen molar-refractivity contribution in [3.63, 3.8) is 0 Å². The summed E-state index contributed by atoms with van der Waals surface area (Å²) in [5.41, 5.74) is 2.35. The Morgan fingerprint density at radius 2 is 2.20 bits per heavy atom. The molecule has 0 aliphatic rings. The number of carboxylic acids is 1. The fourth-order valence-electron chi connectivity index (χ4n) is 1.86. The van der Waals surface area contributed by atoms with Crippen molar-refractivity contribution >= 4 is 11.9 Å². The molecule has 1 amide bonds. The number of hydrogen-bond acceptors (Lipinski definition) is 3. The molecule has 0 atom stereocenters. The summed E-state index contributed by atoms with van der Waals surface area (Å²) in [6.45, 7) is 2.21. The summed E-state index contributed by atoms with van der Waals surface area (Å²) in [5, 5.41) is 18.2. The van der Waals surface area contributed by atoms with E-state index in [1.54, 1.807) is 25.1 Å². The van der Waals surface area contributed by atoms with Gasteiger partial charge in [-0.05, 0) is 31.0 Å². The SMILES string of the molecule is Cc1[nH]ncc1C(=O)NCCc1cccc(C(=O)O)c1. The van der Waals surface area contributed by atoms with E-state index in [2.05, 4.69) is 15.5 Å². The van der Waals surface area contributed by atoms with Gasteiger partial charge in [0, 0.05) is 12.2 Å². The van der Waals surface area contributed by atoms with Gasteiger partial charge in [0.15, 0.2) is 0 Å². The molecule has 6 heteroatoms. The Hall–Kier alpha value is -2.63. The van der Waals surface area contributed by atoms with Crippen molar-refractivity contribution in [3.05, 3.63) is 52.8 Å². The number of carbonyl (C=O) groups is 2. The van der Waals surface area contributed by atoms with Gasteiger partial charge in [-0.15, -0.1) is 0 Å². The molecule has 1 heterocycles. The van der Waals surface area contributed by atoms with Crippen molar-refractivity contribution in [1.82, 2.24) is 15.5 Å². The van der Waals surface area contributed by atoms with Gasteiger partial charge in [-0.2, -0.15) is 5.10 Å². The molecular formula is C14H15N3O3. The average Bonchev–Trinajstić information content (AvgIpc) is 2.85. The minimum atomic E-state index is -0.954. The number of rotatable bonds is 5. The maximum absolute atomic E-state index is 11.8. The normalized spacial score (nSPS) is 10.2. The Balaban J connectivity index is 1.90. The van der Waals surface area contributed by atoms with Gasteiger partial charge >= 0.3 is 5.97 Å². The zero-order chi connectivity index (χ0) is 14.5. The average molecular weight is 273 g/mol. The van der Waals surface area contributed by atoms with E-state index in [4.69, 9.17) is 5.11 Å². The van der Waals surface area contributed by atoms with Crippen LogP contribution in [-0.4, -0.2) is 33.7 Å². The van der Waals surface area contributed by atoms with E-state index in [-0.39, 0.29) is 11.5 Å². The third-order valence-electron chi connectivity index (χ3n) is 2.95. The monoisotopic (exact) mass is 273 g/mol. The van der Waals surface area contributed by atoms with E-state index in [1.807, 2.05) is 6.07 Å². The van der Waals surface area contributed by atoms with Gasteiger partial charge in [-0.1, -0.05) is 12.1 Å². The molecule has 1 aromatic heterocycles. The standard InChI is InChI=1S/C14H15N3O3/c1-9-12(8-16-17-9)13(18)15-6-5-10-3-2-4-11(7-10)14(19)20/h2-4,7-8H,5-6H2,1H3,(H,15,18)(H,16,17)(H,19,20). The van der Waals surface area contributed by atoms with Crippen LogP contribution in [-0.2, 0) is 6.42 Å². The Morgan fingerprint density at radius 1 is 1.40 bits per heavy atom. The number of hydrogen-bond donors (Lipinski definition) is 3. The second-order valence-corrected chi connectivity index (χ2v) is 4.42. The smallest absolute Gasteiger partial charge is 0.335 e. The van der Waals surface area contributed by atoms with Crippen LogP contribution in [0.4, 0.5) is 0 Å². The topological polar surface area (TPSA) is 95.1 Å². The van der Waals surface area contributed by atoms with Crippen molar-refractivity contribution in [1.29, 1.82) is 0 Å². The summed E-state index contributed by atoms with van der Waals surface area (Å²) < 4.78 is 0.